The van der Waals surface area contributed by atoms with E-state index in [1.165, 1.54) is 12.8 Å². The van der Waals surface area contributed by atoms with Gasteiger partial charge in [0, 0.05) is 6.04 Å². The second kappa shape index (κ2) is 3.20. The van der Waals surface area contributed by atoms with Gasteiger partial charge in [-0.05, 0) is 31.6 Å². The monoisotopic (exact) mass is 139 g/mol. The molecule has 1 rings (SSSR count). The van der Waals surface area contributed by atoms with Gasteiger partial charge in [-0.2, -0.15) is 0 Å². The van der Waals surface area contributed by atoms with Crippen molar-refractivity contribution in [2.24, 2.45) is 17.6 Å². The van der Waals surface area contributed by atoms with Crippen molar-refractivity contribution in [2.45, 2.75) is 32.7 Å². The molecule has 1 heteroatoms. The fourth-order valence-corrected chi connectivity index (χ4v) is 1.50. The number of hydrogen-bond donors (Lipinski definition) is 1. The summed E-state index contributed by atoms with van der Waals surface area (Å²) in [5, 5.41) is 0. The molecule has 0 radical (unpaired) electrons. The van der Waals surface area contributed by atoms with Crippen LogP contribution in [0.4, 0.5) is 0 Å². The fraction of sp³-hybridized carbons (Fsp3) is 0.778. The molecule has 0 aliphatic heterocycles. The molecule has 2 unspecified atom stereocenters. The zero-order valence-corrected chi connectivity index (χ0v) is 6.88. The van der Waals surface area contributed by atoms with Gasteiger partial charge in [-0.3, -0.25) is 0 Å². The summed E-state index contributed by atoms with van der Waals surface area (Å²) in [6.45, 7) is 4.35. The summed E-state index contributed by atoms with van der Waals surface area (Å²) in [7, 11) is 0. The highest BCUT2D eigenvalue weighted by Gasteiger charge is 2.20. The Hall–Kier alpha value is -0.300. The Morgan fingerprint density at radius 1 is 1.30 bits per heavy atom. The van der Waals surface area contributed by atoms with Crippen LogP contribution >= 0.6 is 0 Å². The first-order valence-corrected chi connectivity index (χ1v) is 4.12. The van der Waals surface area contributed by atoms with Gasteiger partial charge in [0.1, 0.15) is 0 Å². The maximum atomic E-state index is 5.79. The van der Waals surface area contributed by atoms with Gasteiger partial charge in [-0.15, -0.1) is 0 Å². The summed E-state index contributed by atoms with van der Waals surface area (Å²) in [5.41, 5.74) is 5.79. The van der Waals surface area contributed by atoms with E-state index < -0.39 is 0 Å². The Bertz CT molecular complexity index is 119. The maximum absolute atomic E-state index is 5.79. The van der Waals surface area contributed by atoms with Gasteiger partial charge in [0.15, 0.2) is 0 Å². The zero-order chi connectivity index (χ0) is 7.56. The van der Waals surface area contributed by atoms with Crippen LogP contribution in [0.5, 0.6) is 0 Å². The van der Waals surface area contributed by atoms with Crippen LogP contribution in [0.3, 0.4) is 0 Å². The lowest BCUT2D eigenvalue weighted by molar-refractivity contribution is 0.330. The Morgan fingerprint density at radius 3 is 2.20 bits per heavy atom. The molecule has 58 valence electrons. The molecule has 10 heavy (non-hydrogen) atoms. The maximum Gasteiger partial charge on any atom is 0.00389 e. The van der Waals surface area contributed by atoms with Crippen molar-refractivity contribution in [1.82, 2.24) is 0 Å². The summed E-state index contributed by atoms with van der Waals surface area (Å²) >= 11 is 0. The molecule has 0 heterocycles. The quantitative estimate of drug-likeness (QED) is 0.581. The molecule has 0 saturated heterocycles. The van der Waals surface area contributed by atoms with E-state index in [-0.39, 0.29) is 0 Å². The van der Waals surface area contributed by atoms with Gasteiger partial charge in [0.25, 0.3) is 0 Å². The average molecular weight is 139 g/mol. The molecule has 1 aliphatic rings. The van der Waals surface area contributed by atoms with E-state index in [4.69, 9.17) is 5.73 Å². The highest BCUT2D eigenvalue weighted by atomic mass is 14.6. The molecule has 0 spiro atoms. The SMILES string of the molecule is CC(N)C(C)C1CC=CC1. The molecule has 0 aromatic rings. The van der Waals surface area contributed by atoms with Crippen molar-refractivity contribution < 1.29 is 0 Å². The van der Waals surface area contributed by atoms with Crippen LogP contribution in [0, 0.1) is 11.8 Å². The summed E-state index contributed by atoms with van der Waals surface area (Å²) in [6, 6.07) is 0.352. The largest absolute Gasteiger partial charge is 0.328 e. The van der Waals surface area contributed by atoms with Crippen molar-refractivity contribution in [2.75, 3.05) is 0 Å². The van der Waals surface area contributed by atoms with Crippen LogP contribution in [0.25, 0.3) is 0 Å². The normalized spacial score (nSPS) is 25.1. The minimum Gasteiger partial charge on any atom is -0.328 e. The molecule has 2 atom stereocenters. The van der Waals surface area contributed by atoms with Crippen molar-refractivity contribution in [3.63, 3.8) is 0 Å². The second-order valence-corrected chi connectivity index (χ2v) is 3.42. The molecule has 0 fully saturated rings. The van der Waals surface area contributed by atoms with Gasteiger partial charge in [0.05, 0.1) is 0 Å². The van der Waals surface area contributed by atoms with Gasteiger partial charge in [0.2, 0.25) is 0 Å². The van der Waals surface area contributed by atoms with Crippen molar-refractivity contribution in [1.29, 1.82) is 0 Å². The first-order chi connectivity index (χ1) is 4.72. The van der Waals surface area contributed by atoms with E-state index in [0.717, 1.165) is 5.92 Å². The van der Waals surface area contributed by atoms with Crippen molar-refractivity contribution in [3.05, 3.63) is 12.2 Å². The molecule has 0 aromatic heterocycles. The number of rotatable bonds is 2. The Morgan fingerprint density at radius 2 is 1.80 bits per heavy atom. The molecular weight excluding hydrogens is 122 g/mol. The van der Waals surface area contributed by atoms with Crippen LogP contribution in [0.15, 0.2) is 12.2 Å². The summed E-state index contributed by atoms with van der Waals surface area (Å²) in [6.07, 6.45) is 7.01. The minimum absolute atomic E-state index is 0.352. The minimum atomic E-state index is 0.352. The third kappa shape index (κ3) is 1.60. The average Bonchev–Trinajstić information content (AvgIpc) is 2.36. The predicted molar refractivity (Wildman–Crippen MR) is 44.7 cm³/mol. The third-order valence-electron chi connectivity index (χ3n) is 2.62. The number of hydrogen-bond acceptors (Lipinski definition) is 1. The van der Waals surface area contributed by atoms with Gasteiger partial charge in [-0.1, -0.05) is 19.1 Å². The molecular formula is C9H17N. The lowest BCUT2D eigenvalue weighted by Gasteiger charge is -2.22. The van der Waals surface area contributed by atoms with Gasteiger partial charge in [-0.25, -0.2) is 0 Å². The molecule has 0 bridgehead atoms. The predicted octanol–water partition coefficient (Wildman–Crippen LogP) is 1.94. The molecule has 1 aliphatic carbocycles. The van der Waals surface area contributed by atoms with Gasteiger partial charge < -0.3 is 5.73 Å². The molecule has 0 aromatic carbocycles. The van der Waals surface area contributed by atoms with Crippen LogP contribution in [0.2, 0.25) is 0 Å². The van der Waals surface area contributed by atoms with E-state index in [0.29, 0.717) is 12.0 Å². The van der Waals surface area contributed by atoms with Crippen LogP contribution < -0.4 is 5.73 Å². The third-order valence-corrected chi connectivity index (χ3v) is 2.62. The Labute approximate surface area is 63.3 Å². The highest BCUT2D eigenvalue weighted by molar-refractivity contribution is 4.96. The van der Waals surface area contributed by atoms with Crippen LogP contribution in [-0.4, -0.2) is 6.04 Å². The first-order valence-electron chi connectivity index (χ1n) is 4.12. The summed E-state index contributed by atoms with van der Waals surface area (Å²) in [5.74, 6) is 1.50. The van der Waals surface area contributed by atoms with Crippen molar-refractivity contribution in [3.8, 4) is 0 Å². The van der Waals surface area contributed by atoms with E-state index in [2.05, 4.69) is 26.0 Å². The van der Waals surface area contributed by atoms with Crippen LogP contribution in [-0.2, 0) is 0 Å². The second-order valence-electron chi connectivity index (χ2n) is 3.42. The van der Waals surface area contributed by atoms with E-state index in [9.17, 15) is 0 Å². The van der Waals surface area contributed by atoms with Crippen LogP contribution in [0.1, 0.15) is 26.7 Å². The molecule has 2 N–H and O–H groups in total. The zero-order valence-electron chi connectivity index (χ0n) is 6.88. The first kappa shape index (κ1) is 7.80. The van der Waals surface area contributed by atoms with Gasteiger partial charge >= 0.3 is 0 Å². The van der Waals surface area contributed by atoms with Crippen molar-refractivity contribution >= 4 is 0 Å². The van der Waals surface area contributed by atoms with E-state index in [1.807, 2.05) is 0 Å². The highest BCUT2D eigenvalue weighted by Crippen LogP contribution is 2.27. The fourth-order valence-electron chi connectivity index (χ4n) is 1.50. The molecule has 1 nitrogen and oxygen atoms in total. The standard InChI is InChI=1S/C9H17N/c1-7(8(2)10)9-5-3-4-6-9/h3-4,7-9H,5-6,10H2,1-2H3. The topological polar surface area (TPSA) is 26.0 Å². The number of allylic oxidation sites excluding steroid dienone is 2. The molecule has 0 saturated carbocycles. The smallest absolute Gasteiger partial charge is 0.00389 e. The lowest BCUT2D eigenvalue weighted by atomic mass is 9.87. The summed E-state index contributed by atoms with van der Waals surface area (Å²) < 4.78 is 0. The van der Waals surface area contributed by atoms with E-state index in [1.54, 1.807) is 0 Å². The lowest BCUT2D eigenvalue weighted by Crippen LogP contribution is -2.29. The Balaban J connectivity index is 2.34. The molecule has 0 amide bonds. The number of nitrogens with two attached hydrogens (primary N) is 1. The Kier molecular flexibility index (Phi) is 2.50. The summed E-state index contributed by atoms with van der Waals surface area (Å²) in [4.78, 5) is 0. The van der Waals surface area contributed by atoms with E-state index >= 15 is 0 Å².